The summed E-state index contributed by atoms with van der Waals surface area (Å²) in [5.41, 5.74) is 5.53. The quantitative estimate of drug-likeness (QED) is 0.343. The van der Waals surface area contributed by atoms with E-state index in [1.165, 1.54) is 6.07 Å². The molecule has 0 N–H and O–H groups in total. The molecule has 33 heavy (non-hydrogen) atoms. The zero-order valence-corrected chi connectivity index (χ0v) is 19.0. The van der Waals surface area contributed by atoms with Crippen molar-refractivity contribution >= 4 is 0 Å². The lowest BCUT2D eigenvalue weighted by Gasteiger charge is -2.30. The van der Waals surface area contributed by atoms with Crippen LogP contribution in [0.4, 0.5) is 4.39 Å². The third kappa shape index (κ3) is 4.10. The average Bonchev–Trinajstić information content (AvgIpc) is 3.52. The second-order valence-corrected chi connectivity index (χ2v) is 8.50. The van der Waals surface area contributed by atoms with Gasteiger partial charge >= 0.3 is 0 Å². The zero-order valence-electron chi connectivity index (χ0n) is 19.0. The molecule has 4 aromatic rings. The Hall–Kier alpha value is -3.28. The van der Waals surface area contributed by atoms with E-state index in [2.05, 4.69) is 36.1 Å². The Labute approximate surface area is 194 Å². The van der Waals surface area contributed by atoms with Gasteiger partial charge in [0, 0.05) is 30.8 Å². The van der Waals surface area contributed by atoms with E-state index in [1.54, 1.807) is 13.2 Å². The molecule has 4 nitrogen and oxygen atoms in total. The first-order chi connectivity index (χ1) is 16.2. The van der Waals surface area contributed by atoms with E-state index in [-0.39, 0.29) is 18.1 Å². The molecule has 2 unspecified atom stereocenters. The minimum absolute atomic E-state index is 0.0457. The third-order valence-corrected chi connectivity index (χ3v) is 6.60. The van der Waals surface area contributed by atoms with Crippen molar-refractivity contribution in [1.82, 2.24) is 14.7 Å². The van der Waals surface area contributed by atoms with E-state index in [0.717, 1.165) is 47.5 Å². The van der Waals surface area contributed by atoms with Crippen LogP contribution in [0.15, 0.2) is 85.1 Å². The number of likely N-dealkylation sites (tertiary alicyclic amines) is 1. The molecule has 3 aromatic carbocycles. The van der Waals surface area contributed by atoms with Crippen LogP contribution in [0.25, 0.3) is 28.1 Å². The molecule has 168 valence electrons. The largest absolute Gasteiger partial charge is 0.366 e. The molecular formula is C28H28FN3O. The van der Waals surface area contributed by atoms with Gasteiger partial charge < -0.3 is 4.74 Å². The molecule has 0 amide bonds. The molecule has 1 aliphatic rings. The van der Waals surface area contributed by atoms with Crippen molar-refractivity contribution in [2.45, 2.75) is 32.0 Å². The first kappa shape index (κ1) is 21.6. The topological polar surface area (TPSA) is 30.3 Å². The smallest absolute Gasteiger partial charge is 0.132 e. The number of benzene rings is 3. The molecule has 2 heterocycles. The van der Waals surface area contributed by atoms with Gasteiger partial charge in [-0.05, 0) is 55.2 Å². The molecule has 2 atom stereocenters. The molecule has 1 aliphatic heterocycles. The van der Waals surface area contributed by atoms with E-state index in [9.17, 15) is 0 Å². The van der Waals surface area contributed by atoms with Gasteiger partial charge in [0.15, 0.2) is 0 Å². The lowest BCUT2D eigenvalue weighted by atomic mass is 10.0. The van der Waals surface area contributed by atoms with Gasteiger partial charge in [0.2, 0.25) is 0 Å². The standard InChI is InChI=1S/C28H28FN3O/c1-20(31-18-8-13-27(31)33-2)25-19-30-32(28(25)24-11-6-7-12-26(24)29)23-16-14-22(15-17-23)21-9-4-3-5-10-21/h3-7,9-12,14-17,19-20,27H,8,13,18H2,1-2H3. The molecule has 0 bridgehead atoms. The molecule has 0 spiro atoms. The predicted molar refractivity (Wildman–Crippen MR) is 130 cm³/mol. The summed E-state index contributed by atoms with van der Waals surface area (Å²) in [5, 5.41) is 4.73. The fraction of sp³-hybridized carbons (Fsp3) is 0.250. The molecule has 5 heteroatoms. The van der Waals surface area contributed by atoms with Crippen molar-refractivity contribution < 1.29 is 9.13 Å². The summed E-state index contributed by atoms with van der Waals surface area (Å²) in [6.45, 7) is 3.11. The molecule has 0 saturated carbocycles. The number of hydrogen-bond acceptors (Lipinski definition) is 3. The molecule has 1 fully saturated rings. The molecular weight excluding hydrogens is 413 g/mol. The van der Waals surface area contributed by atoms with Gasteiger partial charge in [-0.3, -0.25) is 4.90 Å². The van der Waals surface area contributed by atoms with Crippen LogP contribution in [-0.2, 0) is 4.74 Å². The number of halogens is 1. The van der Waals surface area contributed by atoms with Crippen molar-refractivity contribution in [1.29, 1.82) is 0 Å². The van der Waals surface area contributed by atoms with Crippen molar-refractivity contribution in [2.24, 2.45) is 0 Å². The van der Waals surface area contributed by atoms with Gasteiger partial charge in [0.05, 0.1) is 17.6 Å². The second-order valence-electron chi connectivity index (χ2n) is 8.50. The first-order valence-corrected chi connectivity index (χ1v) is 11.4. The van der Waals surface area contributed by atoms with Crippen LogP contribution in [-0.4, -0.2) is 34.6 Å². The third-order valence-electron chi connectivity index (χ3n) is 6.60. The minimum Gasteiger partial charge on any atom is -0.366 e. The summed E-state index contributed by atoms with van der Waals surface area (Å²) < 4.78 is 22.6. The van der Waals surface area contributed by atoms with Gasteiger partial charge in [-0.1, -0.05) is 54.6 Å². The lowest BCUT2D eigenvalue weighted by molar-refractivity contribution is -0.0237. The molecule has 0 aliphatic carbocycles. The van der Waals surface area contributed by atoms with Gasteiger partial charge in [0.1, 0.15) is 12.0 Å². The van der Waals surface area contributed by atoms with Crippen LogP contribution >= 0.6 is 0 Å². The fourth-order valence-corrected chi connectivity index (χ4v) is 4.84. The Bertz CT molecular complexity index is 1220. The summed E-state index contributed by atoms with van der Waals surface area (Å²) in [5.74, 6) is -0.252. The highest BCUT2D eigenvalue weighted by Crippen LogP contribution is 2.37. The van der Waals surface area contributed by atoms with Gasteiger partial charge in [0.25, 0.3) is 0 Å². The molecule has 1 saturated heterocycles. The maximum Gasteiger partial charge on any atom is 0.132 e. The van der Waals surface area contributed by atoms with Crippen molar-refractivity contribution in [3.05, 3.63) is 96.4 Å². The van der Waals surface area contributed by atoms with E-state index >= 15 is 4.39 Å². The number of rotatable bonds is 6. The van der Waals surface area contributed by atoms with Crippen molar-refractivity contribution in [2.75, 3.05) is 13.7 Å². The SMILES string of the molecule is COC1CCCN1C(C)c1cnn(-c2ccc(-c3ccccc3)cc2)c1-c1ccccc1F. The summed E-state index contributed by atoms with van der Waals surface area (Å²) in [4.78, 5) is 2.34. The van der Waals surface area contributed by atoms with Crippen molar-refractivity contribution in [3.63, 3.8) is 0 Å². The van der Waals surface area contributed by atoms with Gasteiger partial charge in [-0.2, -0.15) is 5.10 Å². The minimum atomic E-state index is -0.252. The van der Waals surface area contributed by atoms with Crippen LogP contribution in [0.1, 0.15) is 31.4 Å². The van der Waals surface area contributed by atoms with Crippen LogP contribution in [0.3, 0.4) is 0 Å². The number of aromatic nitrogens is 2. The van der Waals surface area contributed by atoms with E-state index in [1.807, 2.05) is 53.3 Å². The highest BCUT2D eigenvalue weighted by atomic mass is 19.1. The Morgan fingerprint density at radius 1 is 0.939 bits per heavy atom. The van der Waals surface area contributed by atoms with Crippen LogP contribution < -0.4 is 0 Å². The first-order valence-electron chi connectivity index (χ1n) is 11.4. The summed E-state index contributed by atoms with van der Waals surface area (Å²) >= 11 is 0. The summed E-state index contributed by atoms with van der Waals surface area (Å²) in [6.07, 6.45) is 4.04. The van der Waals surface area contributed by atoms with Crippen LogP contribution in [0.2, 0.25) is 0 Å². The maximum absolute atomic E-state index is 15.0. The van der Waals surface area contributed by atoms with Crippen LogP contribution in [0.5, 0.6) is 0 Å². The van der Waals surface area contributed by atoms with Gasteiger partial charge in [-0.15, -0.1) is 0 Å². The molecule has 1 aromatic heterocycles. The predicted octanol–water partition coefficient (Wildman–Crippen LogP) is 6.47. The van der Waals surface area contributed by atoms with E-state index in [0.29, 0.717) is 5.56 Å². The monoisotopic (exact) mass is 441 g/mol. The number of nitrogens with zero attached hydrogens (tertiary/aromatic N) is 3. The van der Waals surface area contributed by atoms with Gasteiger partial charge in [-0.25, -0.2) is 9.07 Å². The Morgan fingerprint density at radius 2 is 1.64 bits per heavy atom. The van der Waals surface area contributed by atoms with Crippen LogP contribution in [0, 0.1) is 5.82 Å². The normalized spacial score (nSPS) is 17.4. The Balaban J connectivity index is 1.59. The fourth-order valence-electron chi connectivity index (χ4n) is 4.84. The lowest BCUT2D eigenvalue weighted by Crippen LogP contribution is -2.33. The Kier molecular flexibility index (Phi) is 6.07. The summed E-state index contributed by atoms with van der Waals surface area (Å²) in [6, 6.07) is 25.5. The number of hydrogen-bond donors (Lipinski definition) is 0. The summed E-state index contributed by atoms with van der Waals surface area (Å²) in [7, 11) is 1.76. The molecule has 0 radical (unpaired) electrons. The maximum atomic E-state index is 15.0. The highest BCUT2D eigenvalue weighted by Gasteiger charge is 2.32. The van der Waals surface area contributed by atoms with E-state index < -0.39 is 0 Å². The second kappa shape index (κ2) is 9.30. The Morgan fingerprint density at radius 3 is 2.36 bits per heavy atom. The zero-order chi connectivity index (χ0) is 22.8. The number of ether oxygens (including phenoxy) is 1. The molecule has 5 rings (SSSR count). The van der Waals surface area contributed by atoms with Crippen molar-refractivity contribution in [3.8, 4) is 28.1 Å². The average molecular weight is 442 g/mol. The number of methoxy groups -OCH3 is 1. The van der Waals surface area contributed by atoms with E-state index in [4.69, 9.17) is 9.84 Å². The highest BCUT2D eigenvalue weighted by molar-refractivity contribution is 5.69.